The SMILES string of the molecule is Cc1sc2c(c1C)C(c1ccc(Cl)cc1)=N[C@@H](CC(=O)Nc1ccc(OCCOOCCOOCCOOCCOOCCOOCCOOCCOOCCOCCN)nc1)c1nnc(C)n1-2. The fraction of sp³-hybridized carbons (Fsp3) is 0.548. The number of hydrogen-bond donors (Lipinski definition) is 2. The highest BCUT2D eigenvalue weighted by Crippen LogP contribution is 2.39. The minimum absolute atomic E-state index is 0.0175. The van der Waals surface area contributed by atoms with Crippen LogP contribution in [-0.4, -0.2) is 150 Å². The number of amides is 1. The molecule has 0 radical (unpaired) electrons. The zero-order chi connectivity index (χ0) is 48.0. The summed E-state index contributed by atoms with van der Waals surface area (Å²) in [5, 5.41) is 13.3. The highest BCUT2D eigenvalue weighted by Gasteiger charge is 2.32. The number of pyridine rings is 1. The quantitative estimate of drug-likeness (QED) is 0.0362. The van der Waals surface area contributed by atoms with E-state index in [9.17, 15) is 4.79 Å². The maximum atomic E-state index is 13.4. The number of benzene rings is 1. The number of aromatic nitrogens is 4. The van der Waals surface area contributed by atoms with Gasteiger partial charge in [-0.25, -0.2) is 73.4 Å². The number of carbonyl (C=O) groups excluding carboxylic acids is 1. The maximum Gasteiger partial charge on any atom is 0.227 e. The van der Waals surface area contributed by atoms with Gasteiger partial charge in [-0.15, -0.1) is 21.5 Å². The Morgan fingerprint density at radius 3 is 1.65 bits per heavy atom. The minimum atomic E-state index is -0.613. The Hall–Kier alpha value is -4.20. The first-order valence-electron chi connectivity index (χ1n) is 21.6. The standard InChI is InChI=1S/C42H58ClN7O17S/c1-30-31(2)68-42-39(30)40(33-4-6-34(43)7-5-33)47-36(41-49-48-32(3)50(41)42)28-37(51)46-35-8-9-38(45-29-35)53-13-15-55-57-17-19-59-61-21-23-63-65-25-27-67-66-26-24-64-62-22-20-60-58-18-16-56-54-14-12-52-11-10-44/h4-9,29,36H,10-28,44H2,1-3H3,(H,46,51)/t36-/m0/s1. The molecule has 1 amide bonds. The fourth-order valence-electron chi connectivity index (χ4n) is 5.75. The van der Waals surface area contributed by atoms with Crippen molar-refractivity contribution in [3.05, 3.63) is 80.8 Å². The van der Waals surface area contributed by atoms with Gasteiger partial charge in [0, 0.05) is 33.6 Å². The molecule has 0 saturated carbocycles. The number of halogens is 1. The Kier molecular flexibility index (Phi) is 26.2. The van der Waals surface area contributed by atoms with Gasteiger partial charge in [0.1, 0.15) is 116 Å². The summed E-state index contributed by atoms with van der Waals surface area (Å²) in [5.74, 6) is 1.36. The lowest BCUT2D eigenvalue weighted by Crippen LogP contribution is -2.17. The fourth-order valence-corrected chi connectivity index (χ4v) is 7.09. The molecular formula is C42H58ClN7O17S. The van der Waals surface area contributed by atoms with Crippen LogP contribution in [0.3, 0.4) is 0 Å². The van der Waals surface area contributed by atoms with E-state index in [-0.39, 0.29) is 105 Å². The predicted molar refractivity (Wildman–Crippen MR) is 239 cm³/mol. The third-order valence-corrected chi connectivity index (χ3v) is 10.3. The van der Waals surface area contributed by atoms with Crippen molar-refractivity contribution in [3.8, 4) is 10.9 Å². The molecule has 4 aromatic rings. The van der Waals surface area contributed by atoms with Crippen molar-refractivity contribution in [2.24, 2.45) is 10.7 Å². The number of nitrogens with zero attached hydrogens (tertiary/aromatic N) is 5. The second-order valence-electron chi connectivity index (χ2n) is 13.8. The van der Waals surface area contributed by atoms with E-state index in [0.29, 0.717) is 54.6 Å². The Morgan fingerprint density at radius 2 is 1.16 bits per heavy atom. The molecule has 1 aliphatic heterocycles. The van der Waals surface area contributed by atoms with E-state index in [1.54, 1.807) is 23.5 Å². The molecular weight excluding hydrogens is 942 g/mol. The summed E-state index contributed by atoms with van der Waals surface area (Å²) in [5.41, 5.74) is 9.54. The number of nitrogens with one attached hydrogen (secondary N) is 1. The average molecular weight is 1000 g/mol. The molecule has 0 aliphatic carbocycles. The van der Waals surface area contributed by atoms with Crippen LogP contribution in [0, 0.1) is 20.8 Å². The van der Waals surface area contributed by atoms with E-state index >= 15 is 0 Å². The molecule has 376 valence electrons. The Bertz CT molecular complexity index is 2050. The summed E-state index contributed by atoms with van der Waals surface area (Å²) >= 11 is 7.87. The molecule has 5 rings (SSSR count). The van der Waals surface area contributed by atoms with E-state index in [1.165, 1.54) is 6.20 Å². The van der Waals surface area contributed by atoms with E-state index in [0.717, 1.165) is 32.3 Å². The Balaban J connectivity index is 0.814. The van der Waals surface area contributed by atoms with Gasteiger partial charge in [-0.2, -0.15) is 0 Å². The number of hydrogen-bond acceptors (Lipinski definition) is 23. The molecule has 24 nitrogen and oxygen atoms in total. The van der Waals surface area contributed by atoms with Crippen LogP contribution in [0.15, 0.2) is 47.6 Å². The molecule has 4 heterocycles. The molecule has 0 saturated heterocycles. The molecule has 1 aliphatic rings. The number of carbonyl (C=O) groups is 1. The van der Waals surface area contributed by atoms with Crippen LogP contribution < -0.4 is 15.8 Å². The van der Waals surface area contributed by atoms with Crippen LogP contribution in [0.25, 0.3) is 5.00 Å². The summed E-state index contributed by atoms with van der Waals surface area (Å²) in [4.78, 5) is 93.2. The van der Waals surface area contributed by atoms with Crippen molar-refractivity contribution < 1.29 is 82.7 Å². The lowest BCUT2D eigenvalue weighted by molar-refractivity contribution is -0.376. The van der Waals surface area contributed by atoms with Gasteiger partial charge in [0.05, 0.1) is 37.2 Å². The van der Waals surface area contributed by atoms with Crippen molar-refractivity contribution in [2.45, 2.75) is 33.2 Å². The second kappa shape index (κ2) is 32.6. The third kappa shape index (κ3) is 19.7. The lowest BCUT2D eigenvalue weighted by Gasteiger charge is -2.13. The van der Waals surface area contributed by atoms with Crippen molar-refractivity contribution >= 4 is 40.2 Å². The molecule has 0 bridgehead atoms. The average Bonchev–Trinajstić information content (AvgIpc) is 3.82. The predicted octanol–water partition coefficient (Wildman–Crippen LogP) is 4.21. The van der Waals surface area contributed by atoms with Gasteiger partial charge in [0.2, 0.25) is 11.8 Å². The summed E-state index contributed by atoms with van der Waals surface area (Å²) in [7, 11) is 0. The number of thiophene rings is 1. The number of nitrogens with two attached hydrogens (primary N) is 1. The van der Waals surface area contributed by atoms with Crippen molar-refractivity contribution in [1.29, 1.82) is 0 Å². The monoisotopic (exact) mass is 999 g/mol. The molecule has 0 unspecified atom stereocenters. The number of rotatable bonds is 38. The normalized spacial score (nSPS) is 13.3. The largest absolute Gasteiger partial charge is 0.475 e. The van der Waals surface area contributed by atoms with Gasteiger partial charge >= 0.3 is 0 Å². The van der Waals surface area contributed by atoms with Crippen molar-refractivity contribution in [2.75, 3.05) is 124 Å². The van der Waals surface area contributed by atoms with Gasteiger partial charge in [0.25, 0.3) is 0 Å². The highest BCUT2D eigenvalue weighted by atomic mass is 35.5. The van der Waals surface area contributed by atoms with Gasteiger partial charge in [-0.05, 0) is 44.5 Å². The third-order valence-electron chi connectivity index (χ3n) is 8.83. The molecule has 26 heteroatoms. The first-order chi connectivity index (χ1) is 33.4. The van der Waals surface area contributed by atoms with Crippen molar-refractivity contribution in [3.63, 3.8) is 0 Å². The number of ether oxygens (including phenoxy) is 2. The first-order valence-corrected chi connectivity index (χ1v) is 22.8. The van der Waals surface area contributed by atoms with Crippen LogP contribution in [0.4, 0.5) is 5.69 Å². The summed E-state index contributed by atoms with van der Waals surface area (Å²) < 4.78 is 12.7. The van der Waals surface area contributed by atoms with Gasteiger partial charge < -0.3 is 20.5 Å². The number of aliphatic imine (C=N–C) groups is 1. The summed E-state index contributed by atoms with van der Waals surface area (Å²) in [6.07, 6.45) is 1.52. The van der Waals surface area contributed by atoms with Crippen LogP contribution in [0.2, 0.25) is 5.02 Å². The van der Waals surface area contributed by atoms with Crippen LogP contribution >= 0.6 is 22.9 Å². The molecule has 3 aromatic heterocycles. The smallest absolute Gasteiger partial charge is 0.227 e. The Labute approximate surface area is 401 Å². The zero-order valence-corrected chi connectivity index (χ0v) is 39.7. The van der Waals surface area contributed by atoms with E-state index in [1.807, 2.05) is 35.8 Å². The van der Waals surface area contributed by atoms with Crippen LogP contribution in [-0.2, 0) is 78.0 Å². The molecule has 68 heavy (non-hydrogen) atoms. The lowest BCUT2D eigenvalue weighted by atomic mass is 9.99. The molecule has 3 N–H and O–H groups in total. The maximum absolute atomic E-state index is 13.4. The summed E-state index contributed by atoms with van der Waals surface area (Å²) in [6.45, 7) is 9.46. The number of anilines is 1. The van der Waals surface area contributed by atoms with E-state index < -0.39 is 6.04 Å². The van der Waals surface area contributed by atoms with Crippen LogP contribution in [0.1, 0.15) is 45.7 Å². The zero-order valence-electron chi connectivity index (χ0n) is 38.1. The topological polar surface area (TPSA) is 259 Å². The summed E-state index contributed by atoms with van der Waals surface area (Å²) in [6, 6.07) is 10.2. The van der Waals surface area contributed by atoms with Gasteiger partial charge in [-0.1, -0.05) is 23.7 Å². The molecule has 0 spiro atoms. The van der Waals surface area contributed by atoms with Crippen LogP contribution in [0.5, 0.6) is 5.88 Å². The van der Waals surface area contributed by atoms with Gasteiger partial charge in [-0.3, -0.25) is 14.4 Å². The second-order valence-corrected chi connectivity index (χ2v) is 15.4. The minimum Gasteiger partial charge on any atom is -0.475 e. The van der Waals surface area contributed by atoms with E-state index in [2.05, 4.69) is 34.3 Å². The number of aryl methyl sites for hydroxylation is 2. The Morgan fingerprint density at radius 1 is 0.662 bits per heavy atom. The van der Waals surface area contributed by atoms with Gasteiger partial charge in [0.15, 0.2) is 5.82 Å². The van der Waals surface area contributed by atoms with E-state index in [4.69, 9.17) is 100 Å². The molecule has 1 atom stereocenters. The first kappa shape index (κ1) is 54.7. The number of fused-ring (bicyclic) bond motifs is 3. The highest BCUT2D eigenvalue weighted by molar-refractivity contribution is 7.15. The van der Waals surface area contributed by atoms with Crippen molar-refractivity contribution in [1.82, 2.24) is 19.7 Å². The molecule has 1 aromatic carbocycles. The molecule has 0 fully saturated rings.